The first-order chi connectivity index (χ1) is 15.3. The van der Waals surface area contributed by atoms with E-state index in [4.69, 9.17) is 5.11 Å². The lowest BCUT2D eigenvalue weighted by Gasteiger charge is -2.52. The van der Waals surface area contributed by atoms with E-state index in [9.17, 15) is 13.6 Å². The van der Waals surface area contributed by atoms with E-state index >= 15 is 0 Å². The van der Waals surface area contributed by atoms with Crippen molar-refractivity contribution in [3.05, 3.63) is 0 Å². The Morgan fingerprint density at radius 2 is 1.70 bits per heavy atom. The van der Waals surface area contributed by atoms with Gasteiger partial charge in [0.2, 0.25) is 5.92 Å². The third-order valence-electron chi connectivity index (χ3n) is 9.15. The van der Waals surface area contributed by atoms with Gasteiger partial charge in [0, 0.05) is 19.3 Å². The van der Waals surface area contributed by atoms with Gasteiger partial charge in [-0.2, -0.15) is 0 Å². The van der Waals surface area contributed by atoms with Crippen LogP contribution in [0.2, 0.25) is 0 Å². The largest absolute Gasteiger partial charge is 0.481 e. The number of hydrogen-bond donors (Lipinski definition) is 1. The van der Waals surface area contributed by atoms with Crippen molar-refractivity contribution < 1.29 is 18.7 Å². The molecule has 196 valence electrons. The van der Waals surface area contributed by atoms with E-state index in [1.165, 1.54) is 19.3 Å². The van der Waals surface area contributed by atoms with E-state index < -0.39 is 11.9 Å². The Kier molecular flexibility index (Phi) is 12.9. The second-order valence-electron chi connectivity index (χ2n) is 12.3. The minimum atomic E-state index is -2.52. The zero-order valence-electron chi connectivity index (χ0n) is 22.8. The van der Waals surface area contributed by atoms with Gasteiger partial charge in [-0.3, -0.25) is 4.79 Å². The highest BCUT2D eigenvalue weighted by molar-refractivity contribution is 5.66. The molecule has 4 heteroatoms. The van der Waals surface area contributed by atoms with Gasteiger partial charge in [0.15, 0.2) is 0 Å². The molecule has 1 saturated carbocycles. The van der Waals surface area contributed by atoms with Crippen LogP contribution in [-0.2, 0) is 4.79 Å². The molecule has 0 aromatic carbocycles. The highest BCUT2D eigenvalue weighted by Gasteiger charge is 2.46. The van der Waals surface area contributed by atoms with Gasteiger partial charge in [0.25, 0.3) is 0 Å². The Balaban J connectivity index is 2.69. The normalized spacial score (nSPS) is 28.1. The summed E-state index contributed by atoms with van der Waals surface area (Å²) < 4.78 is 28.5. The molecule has 0 spiro atoms. The van der Waals surface area contributed by atoms with Crippen molar-refractivity contribution in [3.63, 3.8) is 0 Å². The third kappa shape index (κ3) is 10.2. The molecule has 0 amide bonds. The predicted molar refractivity (Wildman–Crippen MR) is 136 cm³/mol. The van der Waals surface area contributed by atoms with Crippen LogP contribution >= 0.6 is 0 Å². The number of carboxylic acids is 1. The van der Waals surface area contributed by atoms with Gasteiger partial charge < -0.3 is 5.11 Å². The lowest BCUT2D eigenvalue weighted by atomic mass is 9.53. The molecule has 1 aliphatic rings. The van der Waals surface area contributed by atoms with Crippen LogP contribution in [0, 0.1) is 40.9 Å². The number of hydrogen-bond acceptors (Lipinski definition) is 1. The number of alkyl halides is 2. The Morgan fingerprint density at radius 1 is 1.06 bits per heavy atom. The van der Waals surface area contributed by atoms with Crippen molar-refractivity contribution in [1.82, 2.24) is 0 Å². The van der Waals surface area contributed by atoms with Crippen molar-refractivity contribution in [2.75, 3.05) is 0 Å². The van der Waals surface area contributed by atoms with Crippen molar-refractivity contribution in [1.29, 1.82) is 0 Å². The molecule has 0 bridgehead atoms. The van der Waals surface area contributed by atoms with Crippen LogP contribution in [0.1, 0.15) is 132 Å². The van der Waals surface area contributed by atoms with E-state index in [-0.39, 0.29) is 24.7 Å². The summed E-state index contributed by atoms with van der Waals surface area (Å²) in [5, 5.41) is 9.08. The van der Waals surface area contributed by atoms with Gasteiger partial charge in [-0.15, -0.1) is 0 Å². The number of rotatable bonds is 16. The van der Waals surface area contributed by atoms with E-state index in [1.54, 1.807) is 0 Å². The second-order valence-corrected chi connectivity index (χ2v) is 12.3. The topological polar surface area (TPSA) is 37.3 Å². The zero-order chi connectivity index (χ0) is 25.2. The minimum absolute atomic E-state index is 0.0210. The van der Waals surface area contributed by atoms with Crippen LogP contribution in [0.15, 0.2) is 0 Å². The van der Waals surface area contributed by atoms with Crippen molar-refractivity contribution >= 4 is 5.97 Å². The maximum atomic E-state index is 14.2. The first-order valence-electron chi connectivity index (χ1n) is 13.9. The molecule has 2 nitrogen and oxygen atoms in total. The van der Waals surface area contributed by atoms with Gasteiger partial charge in [-0.25, -0.2) is 8.78 Å². The van der Waals surface area contributed by atoms with E-state index in [2.05, 4.69) is 34.6 Å². The molecule has 0 aromatic heterocycles. The fourth-order valence-electron chi connectivity index (χ4n) is 6.43. The summed E-state index contributed by atoms with van der Waals surface area (Å²) in [6.07, 6.45) is 10.2. The Labute approximate surface area is 203 Å². The van der Waals surface area contributed by atoms with Gasteiger partial charge >= 0.3 is 5.97 Å². The van der Waals surface area contributed by atoms with Crippen LogP contribution in [0.3, 0.4) is 0 Å². The van der Waals surface area contributed by atoms with Crippen molar-refractivity contribution in [2.24, 2.45) is 40.9 Å². The monoisotopic (exact) mass is 472 g/mol. The Morgan fingerprint density at radius 3 is 2.27 bits per heavy atom. The van der Waals surface area contributed by atoms with Crippen molar-refractivity contribution in [3.8, 4) is 0 Å². The summed E-state index contributed by atoms with van der Waals surface area (Å²) in [7, 11) is 0. The predicted octanol–water partition coefficient (Wildman–Crippen LogP) is 9.61. The SMILES string of the molecule is CCCC(CCCC(=O)O)C1(C)CCC(C)C(CCC(C)CCC(F)(F)CCC(C)C)C1C. The average molecular weight is 473 g/mol. The van der Waals surface area contributed by atoms with Crippen LogP contribution in [0.25, 0.3) is 0 Å². The second kappa shape index (κ2) is 14.0. The minimum Gasteiger partial charge on any atom is -0.481 e. The summed E-state index contributed by atoms with van der Waals surface area (Å²) in [4.78, 5) is 11.0. The molecule has 6 unspecified atom stereocenters. The maximum absolute atomic E-state index is 14.2. The van der Waals surface area contributed by atoms with Crippen LogP contribution in [0.4, 0.5) is 8.78 Å². The van der Waals surface area contributed by atoms with E-state index in [0.717, 1.165) is 32.1 Å². The third-order valence-corrected chi connectivity index (χ3v) is 9.15. The maximum Gasteiger partial charge on any atom is 0.303 e. The number of halogens is 2. The summed E-state index contributed by atoms with van der Waals surface area (Å²) in [5.74, 6) is -0.0811. The molecule has 0 aromatic rings. The first-order valence-corrected chi connectivity index (χ1v) is 13.9. The molecule has 1 N–H and O–H groups in total. The molecule has 1 rings (SSSR count). The number of carboxylic acid groups (broad SMARTS) is 1. The molecule has 0 aliphatic heterocycles. The summed E-state index contributed by atoms with van der Waals surface area (Å²) >= 11 is 0. The fraction of sp³-hybridized carbons (Fsp3) is 0.966. The molecule has 0 radical (unpaired) electrons. The lowest BCUT2D eigenvalue weighted by Crippen LogP contribution is -2.44. The van der Waals surface area contributed by atoms with Gasteiger partial charge in [-0.05, 0) is 85.9 Å². The standard InChI is InChI=1S/C29H54F2O2/c1-8-10-25(11-9-12-27(32)33)28(7)18-17-23(5)26(24(28)6)14-13-22(4)16-20-29(30,31)19-15-21(2)3/h21-26H,8-20H2,1-7H3,(H,32,33). The fourth-order valence-corrected chi connectivity index (χ4v) is 6.43. The first kappa shape index (κ1) is 30.4. The highest BCUT2D eigenvalue weighted by Crippen LogP contribution is 2.54. The van der Waals surface area contributed by atoms with Gasteiger partial charge in [0.05, 0.1) is 0 Å². The van der Waals surface area contributed by atoms with Crippen LogP contribution in [0.5, 0.6) is 0 Å². The van der Waals surface area contributed by atoms with Crippen molar-refractivity contribution in [2.45, 2.75) is 138 Å². The molecule has 6 atom stereocenters. The summed E-state index contributed by atoms with van der Waals surface area (Å²) in [6.45, 7) is 15.7. The van der Waals surface area contributed by atoms with Gasteiger partial charge in [0.1, 0.15) is 0 Å². The molecule has 0 saturated heterocycles. The van der Waals surface area contributed by atoms with Crippen LogP contribution < -0.4 is 0 Å². The average Bonchev–Trinajstić information content (AvgIpc) is 2.73. The summed E-state index contributed by atoms with van der Waals surface area (Å²) in [6, 6.07) is 0. The molecule has 1 aliphatic carbocycles. The zero-order valence-corrected chi connectivity index (χ0v) is 22.8. The smallest absolute Gasteiger partial charge is 0.303 e. The quantitative estimate of drug-likeness (QED) is 0.243. The Hall–Kier alpha value is -0.670. The molecular formula is C29H54F2O2. The summed E-state index contributed by atoms with van der Waals surface area (Å²) in [5.41, 5.74) is 0.249. The molecular weight excluding hydrogens is 418 g/mol. The van der Waals surface area contributed by atoms with E-state index in [0.29, 0.717) is 48.3 Å². The number of carbonyl (C=O) groups is 1. The van der Waals surface area contributed by atoms with Gasteiger partial charge in [-0.1, -0.05) is 67.7 Å². The lowest BCUT2D eigenvalue weighted by molar-refractivity contribution is -0.137. The highest BCUT2D eigenvalue weighted by atomic mass is 19.3. The van der Waals surface area contributed by atoms with E-state index in [1.807, 2.05) is 13.8 Å². The number of aliphatic carboxylic acids is 1. The molecule has 33 heavy (non-hydrogen) atoms. The van der Waals surface area contributed by atoms with Crippen LogP contribution in [-0.4, -0.2) is 17.0 Å². The Bertz CT molecular complexity index is 562. The molecule has 1 fully saturated rings. The molecule has 0 heterocycles.